The maximum atomic E-state index is 13.4. The number of carbonyl (C=O) groups excluding carboxylic acids is 1. The monoisotopic (exact) mass is 254 g/mol. The van der Waals surface area contributed by atoms with E-state index < -0.39 is 11.6 Å². The molecule has 0 radical (unpaired) electrons. The zero-order valence-corrected chi connectivity index (χ0v) is 10.0. The van der Waals surface area contributed by atoms with E-state index in [1.165, 1.54) is 0 Å². The van der Waals surface area contributed by atoms with Gasteiger partial charge in [-0.1, -0.05) is 0 Å². The number of halogens is 2. The predicted molar refractivity (Wildman–Crippen MR) is 63.8 cm³/mol. The van der Waals surface area contributed by atoms with E-state index in [0.29, 0.717) is 25.6 Å². The molecule has 1 aromatic carbocycles. The second-order valence-electron chi connectivity index (χ2n) is 4.64. The molecule has 0 aromatic heterocycles. The minimum Gasteiger partial charge on any atom is -0.342 e. The summed E-state index contributed by atoms with van der Waals surface area (Å²) >= 11 is 0. The normalized spacial score (nSPS) is 19.3. The molecular formula is C13H16F2N2O. The molecule has 1 aliphatic rings. The van der Waals surface area contributed by atoms with E-state index in [4.69, 9.17) is 5.73 Å². The first-order chi connectivity index (χ1) is 8.60. The summed E-state index contributed by atoms with van der Waals surface area (Å²) in [6.45, 7) is 1.82. The molecule has 1 fully saturated rings. The zero-order valence-electron chi connectivity index (χ0n) is 10.0. The van der Waals surface area contributed by atoms with Crippen molar-refractivity contribution in [2.45, 2.75) is 12.8 Å². The summed E-state index contributed by atoms with van der Waals surface area (Å²) in [4.78, 5) is 13.6. The predicted octanol–water partition coefficient (Wildman–Crippen LogP) is 1.31. The van der Waals surface area contributed by atoms with Gasteiger partial charge in [-0.3, -0.25) is 4.79 Å². The summed E-state index contributed by atoms with van der Waals surface area (Å²) in [5.74, 6) is -0.915. The molecular weight excluding hydrogens is 238 g/mol. The molecule has 0 saturated carbocycles. The van der Waals surface area contributed by atoms with Crippen molar-refractivity contribution in [1.82, 2.24) is 4.90 Å². The largest absolute Gasteiger partial charge is 0.342 e. The van der Waals surface area contributed by atoms with E-state index in [1.807, 2.05) is 0 Å². The van der Waals surface area contributed by atoms with Crippen LogP contribution >= 0.6 is 0 Å². The number of carbonyl (C=O) groups is 1. The lowest BCUT2D eigenvalue weighted by Crippen LogP contribution is -2.31. The number of hydrogen-bond donors (Lipinski definition) is 1. The molecule has 2 rings (SSSR count). The van der Waals surface area contributed by atoms with Gasteiger partial charge in [-0.25, -0.2) is 8.78 Å². The molecule has 1 atom stereocenters. The third-order valence-electron chi connectivity index (χ3n) is 3.32. The second-order valence-corrected chi connectivity index (χ2v) is 4.64. The highest BCUT2D eigenvalue weighted by atomic mass is 19.1. The smallest absolute Gasteiger partial charge is 0.227 e. The Bertz CT molecular complexity index is 451. The van der Waals surface area contributed by atoms with Crippen LogP contribution in [0.1, 0.15) is 12.0 Å². The minimum atomic E-state index is -0.542. The summed E-state index contributed by atoms with van der Waals surface area (Å²) in [6, 6.07) is 3.16. The van der Waals surface area contributed by atoms with Gasteiger partial charge in [0.15, 0.2) is 0 Å². The van der Waals surface area contributed by atoms with Gasteiger partial charge in [-0.05, 0) is 37.1 Å². The summed E-state index contributed by atoms with van der Waals surface area (Å²) < 4.78 is 26.4. The zero-order chi connectivity index (χ0) is 13.1. The van der Waals surface area contributed by atoms with Crippen molar-refractivity contribution in [3.05, 3.63) is 35.4 Å². The molecule has 18 heavy (non-hydrogen) atoms. The molecule has 1 aromatic rings. The quantitative estimate of drug-likeness (QED) is 0.884. The number of hydrogen-bond acceptors (Lipinski definition) is 2. The van der Waals surface area contributed by atoms with Crippen molar-refractivity contribution in [3.8, 4) is 0 Å². The average molecular weight is 254 g/mol. The number of likely N-dealkylation sites (tertiary alicyclic amines) is 1. The highest BCUT2D eigenvalue weighted by Gasteiger charge is 2.25. The van der Waals surface area contributed by atoms with Gasteiger partial charge in [0.05, 0.1) is 6.42 Å². The maximum absolute atomic E-state index is 13.4. The number of rotatable bonds is 3. The van der Waals surface area contributed by atoms with Crippen molar-refractivity contribution >= 4 is 5.91 Å². The molecule has 1 heterocycles. The van der Waals surface area contributed by atoms with Gasteiger partial charge in [0.25, 0.3) is 0 Å². The maximum Gasteiger partial charge on any atom is 0.227 e. The van der Waals surface area contributed by atoms with Crippen LogP contribution in [0.3, 0.4) is 0 Å². The highest BCUT2D eigenvalue weighted by Crippen LogP contribution is 2.17. The third kappa shape index (κ3) is 2.85. The number of nitrogens with two attached hydrogens (primary N) is 1. The van der Waals surface area contributed by atoms with Gasteiger partial charge in [0.2, 0.25) is 5.91 Å². The van der Waals surface area contributed by atoms with E-state index >= 15 is 0 Å². The summed E-state index contributed by atoms with van der Waals surface area (Å²) in [6.07, 6.45) is 0.786. The van der Waals surface area contributed by atoms with Crippen LogP contribution in [0.25, 0.3) is 0 Å². The van der Waals surface area contributed by atoms with Crippen molar-refractivity contribution in [1.29, 1.82) is 0 Å². The van der Waals surface area contributed by atoms with Gasteiger partial charge in [0, 0.05) is 18.7 Å². The van der Waals surface area contributed by atoms with Crippen molar-refractivity contribution in [3.63, 3.8) is 0 Å². The molecule has 1 aliphatic heterocycles. The molecule has 1 unspecified atom stereocenters. The molecule has 5 heteroatoms. The van der Waals surface area contributed by atoms with E-state index in [0.717, 1.165) is 24.6 Å². The Morgan fingerprint density at radius 2 is 2.22 bits per heavy atom. The lowest BCUT2D eigenvalue weighted by molar-refractivity contribution is -0.129. The number of nitrogens with zero attached hydrogens (tertiary/aromatic N) is 1. The van der Waals surface area contributed by atoms with Gasteiger partial charge >= 0.3 is 0 Å². The lowest BCUT2D eigenvalue weighted by Gasteiger charge is -2.16. The van der Waals surface area contributed by atoms with Gasteiger partial charge in [-0.2, -0.15) is 0 Å². The van der Waals surface area contributed by atoms with Crippen LogP contribution in [0.15, 0.2) is 18.2 Å². The van der Waals surface area contributed by atoms with E-state index in [-0.39, 0.29) is 17.9 Å². The molecule has 2 N–H and O–H groups in total. The first-order valence-electron chi connectivity index (χ1n) is 6.02. The first-order valence-corrected chi connectivity index (χ1v) is 6.02. The standard InChI is InChI=1S/C13H16F2N2O/c14-11-1-2-12(15)10(5-11)6-13(18)17-4-3-9(7-16)8-17/h1-2,5,9H,3-4,6-8,16H2. The van der Waals surface area contributed by atoms with Crippen LogP contribution in [0.5, 0.6) is 0 Å². The van der Waals surface area contributed by atoms with E-state index in [9.17, 15) is 13.6 Å². The second kappa shape index (κ2) is 5.44. The number of amides is 1. The van der Waals surface area contributed by atoms with Crippen LogP contribution < -0.4 is 5.73 Å². The Balaban J connectivity index is 2.01. The first kappa shape index (κ1) is 13.0. The molecule has 3 nitrogen and oxygen atoms in total. The summed E-state index contributed by atoms with van der Waals surface area (Å²) in [7, 11) is 0. The Morgan fingerprint density at radius 3 is 2.89 bits per heavy atom. The SMILES string of the molecule is NCC1CCN(C(=O)Cc2cc(F)ccc2F)C1. The van der Waals surface area contributed by atoms with Gasteiger partial charge < -0.3 is 10.6 Å². The minimum absolute atomic E-state index is 0.0963. The molecule has 98 valence electrons. The van der Waals surface area contributed by atoms with E-state index in [1.54, 1.807) is 4.90 Å². The van der Waals surface area contributed by atoms with Gasteiger partial charge in [0.1, 0.15) is 11.6 Å². The number of benzene rings is 1. The topological polar surface area (TPSA) is 46.3 Å². The fraction of sp³-hybridized carbons (Fsp3) is 0.462. The third-order valence-corrected chi connectivity index (χ3v) is 3.32. The Kier molecular flexibility index (Phi) is 3.91. The van der Waals surface area contributed by atoms with Crippen molar-refractivity contribution < 1.29 is 13.6 Å². The van der Waals surface area contributed by atoms with Crippen LogP contribution in [-0.2, 0) is 11.2 Å². The molecule has 0 aliphatic carbocycles. The molecule has 1 saturated heterocycles. The summed E-state index contributed by atoms with van der Waals surface area (Å²) in [5, 5.41) is 0. The van der Waals surface area contributed by atoms with Crippen LogP contribution in [0, 0.1) is 17.6 Å². The Hall–Kier alpha value is -1.49. The summed E-state index contributed by atoms with van der Waals surface area (Å²) in [5.41, 5.74) is 5.65. The van der Waals surface area contributed by atoms with Crippen LogP contribution in [0.2, 0.25) is 0 Å². The molecule has 0 bridgehead atoms. The molecule has 1 amide bonds. The Morgan fingerprint density at radius 1 is 1.44 bits per heavy atom. The van der Waals surface area contributed by atoms with Crippen LogP contribution in [-0.4, -0.2) is 30.4 Å². The van der Waals surface area contributed by atoms with Gasteiger partial charge in [-0.15, -0.1) is 0 Å². The van der Waals surface area contributed by atoms with E-state index in [2.05, 4.69) is 0 Å². The van der Waals surface area contributed by atoms with Crippen molar-refractivity contribution in [2.75, 3.05) is 19.6 Å². The average Bonchev–Trinajstić information content (AvgIpc) is 2.82. The molecule has 0 spiro atoms. The fourth-order valence-corrected chi connectivity index (χ4v) is 2.21. The lowest BCUT2D eigenvalue weighted by atomic mass is 10.1. The highest BCUT2D eigenvalue weighted by molar-refractivity contribution is 5.79. The fourth-order valence-electron chi connectivity index (χ4n) is 2.21. The Labute approximate surface area is 105 Å². The van der Waals surface area contributed by atoms with Crippen LogP contribution in [0.4, 0.5) is 8.78 Å². The van der Waals surface area contributed by atoms with Crippen molar-refractivity contribution in [2.24, 2.45) is 11.7 Å².